The maximum atomic E-state index is 15.0. The fourth-order valence-corrected chi connectivity index (χ4v) is 7.19. The van der Waals surface area contributed by atoms with E-state index in [4.69, 9.17) is 56.5 Å². The van der Waals surface area contributed by atoms with Crippen molar-refractivity contribution >= 4 is 76.8 Å². The summed E-state index contributed by atoms with van der Waals surface area (Å²) >= 11 is 0. The maximum Gasteiger partial charge on any atom is 0.331 e. The largest absolute Gasteiger partial charge is 0.460 e. The van der Waals surface area contributed by atoms with Gasteiger partial charge in [0.2, 0.25) is 23.6 Å². The van der Waals surface area contributed by atoms with Crippen molar-refractivity contribution in [3.63, 3.8) is 0 Å². The van der Waals surface area contributed by atoms with Crippen LogP contribution < -0.4 is 33.8 Å². The molecule has 2 heterocycles. The summed E-state index contributed by atoms with van der Waals surface area (Å²) < 4.78 is 67.6. The number of hydrogen-bond acceptors (Lipinski definition) is 22. The van der Waals surface area contributed by atoms with Gasteiger partial charge in [0.15, 0.2) is 18.0 Å². The van der Waals surface area contributed by atoms with Gasteiger partial charge in [-0.2, -0.15) is 0 Å². The van der Waals surface area contributed by atoms with E-state index in [1.54, 1.807) is 12.1 Å². The summed E-state index contributed by atoms with van der Waals surface area (Å²) in [6, 6.07) is 19.6. The fourth-order valence-electron chi connectivity index (χ4n) is 7.19. The van der Waals surface area contributed by atoms with Crippen molar-refractivity contribution in [1.82, 2.24) is 0 Å². The maximum absolute atomic E-state index is 15.0. The highest BCUT2D eigenvalue weighted by Gasteiger charge is 2.54. The number of fused-ring (bicyclic) bond motifs is 1. The van der Waals surface area contributed by atoms with E-state index in [9.17, 15) is 43.2 Å². The molecule has 0 unspecified atom stereocenters. The summed E-state index contributed by atoms with van der Waals surface area (Å²) in [6.45, 7) is 6.98. The Morgan fingerprint density at radius 2 is 0.973 bits per heavy atom. The first-order valence-electron chi connectivity index (χ1n) is 22.4. The number of carbonyl (C=O) groups is 9. The number of esters is 9. The molecule has 1 aliphatic heterocycles. The summed E-state index contributed by atoms with van der Waals surface area (Å²) in [6.07, 6.45) is -4.63. The van der Waals surface area contributed by atoms with Gasteiger partial charge >= 0.3 is 53.7 Å². The van der Waals surface area contributed by atoms with Crippen molar-refractivity contribution in [1.29, 1.82) is 0 Å². The summed E-state index contributed by atoms with van der Waals surface area (Å²) in [4.78, 5) is 127. The molecule has 5 aromatic rings. The van der Waals surface area contributed by atoms with Gasteiger partial charge in [0, 0.05) is 78.3 Å². The zero-order valence-corrected chi connectivity index (χ0v) is 41.0. The molecule has 1 aliphatic rings. The van der Waals surface area contributed by atoms with Crippen molar-refractivity contribution in [2.24, 2.45) is 0 Å². The minimum Gasteiger partial charge on any atom is -0.460 e. The molecule has 1 saturated heterocycles. The third-order valence-corrected chi connectivity index (χ3v) is 9.96. The number of hydrogen-bond donors (Lipinski definition) is 0. The van der Waals surface area contributed by atoms with E-state index in [0.717, 1.165) is 52.0 Å². The van der Waals surface area contributed by atoms with E-state index in [-0.39, 0.29) is 34.1 Å². The van der Waals surface area contributed by atoms with Gasteiger partial charge in [-0.3, -0.25) is 38.4 Å². The molecule has 22 nitrogen and oxygen atoms in total. The molecule has 1 aromatic heterocycles. The van der Waals surface area contributed by atoms with Crippen molar-refractivity contribution in [3.05, 3.63) is 118 Å². The predicted octanol–water partition coefficient (Wildman–Crippen LogP) is 5.94. The van der Waals surface area contributed by atoms with Gasteiger partial charge in [0.05, 0.1) is 0 Å². The molecule has 0 saturated carbocycles. The highest BCUT2D eigenvalue weighted by molar-refractivity contribution is 5.91. The molecular weight excluding hydrogens is 989 g/mol. The first-order valence-corrected chi connectivity index (χ1v) is 22.4. The molecule has 1 fully saturated rings. The molecule has 390 valence electrons. The SMILES string of the molecule is CC(=O)Oc1ccc(/C=C\C(=O)O[C@H]2[C@H](Oc3c(-c4ccc(OC(C)=O)cc4)oc4cc(OC(C)=O)cc(OC(C)=O)c4c3=O)O[C@H](COC(=O)/C=C/c3ccc(OC(C)=O)cc3)[C@@H](OC(C)=O)[C@@H]2OC(C)=O)cc1. The Labute approximate surface area is 425 Å². The summed E-state index contributed by atoms with van der Waals surface area (Å²) in [5.74, 6) is -8.79. The minimum absolute atomic E-state index is 0.0615. The third-order valence-electron chi connectivity index (χ3n) is 9.96. The van der Waals surface area contributed by atoms with Crippen molar-refractivity contribution in [3.8, 4) is 45.8 Å². The van der Waals surface area contributed by atoms with Crippen molar-refractivity contribution < 1.29 is 99.7 Å². The van der Waals surface area contributed by atoms with E-state index in [0.29, 0.717) is 11.1 Å². The van der Waals surface area contributed by atoms with Crippen molar-refractivity contribution in [2.75, 3.05) is 6.61 Å². The average molecular weight is 1030 g/mol. The Balaban J connectivity index is 1.48. The molecule has 0 bridgehead atoms. The van der Waals surface area contributed by atoms with Gasteiger partial charge in [-0.25, -0.2) is 9.59 Å². The van der Waals surface area contributed by atoms with Crippen LogP contribution in [-0.2, 0) is 66.8 Å². The second kappa shape index (κ2) is 24.8. The molecule has 0 aliphatic carbocycles. The van der Waals surface area contributed by atoms with Gasteiger partial charge in [-0.1, -0.05) is 24.3 Å². The van der Waals surface area contributed by atoms with Crippen LogP contribution in [0.5, 0.6) is 34.5 Å². The predicted molar refractivity (Wildman–Crippen MR) is 257 cm³/mol. The lowest BCUT2D eigenvalue weighted by atomic mass is 9.98. The zero-order chi connectivity index (χ0) is 54.5. The molecule has 0 amide bonds. The van der Waals surface area contributed by atoms with Crippen LogP contribution in [0.2, 0.25) is 0 Å². The third kappa shape index (κ3) is 15.5. The second-order valence-corrected chi connectivity index (χ2v) is 16.0. The van der Waals surface area contributed by atoms with Crippen LogP contribution in [-0.4, -0.2) is 91.0 Å². The Morgan fingerprint density at radius 3 is 1.47 bits per heavy atom. The monoisotopic (exact) mass is 1030 g/mol. The molecule has 4 aromatic carbocycles. The van der Waals surface area contributed by atoms with E-state index in [1.165, 1.54) is 93.6 Å². The lowest BCUT2D eigenvalue weighted by Crippen LogP contribution is -2.63. The summed E-state index contributed by atoms with van der Waals surface area (Å²) in [7, 11) is 0. The van der Waals surface area contributed by atoms with Crippen molar-refractivity contribution in [2.45, 2.75) is 79.2 Å². The van der Waals surface area contributed by atoms with Gasteiger partial charge in [0.25, 0.3) is 0 Å². The lowest BCUT2D eigenvalue weighted by Gasteiger charge is -2.43. The number of carbonyl (C=O) groups excluding carboxylic acids is 9. The first kappa shape index (κ1) is 54.9. The van der Waals surface area contributed by atoms with E-state index in [2.05, 4.69) is 0 Å². The Kier molecular flexibility index (Phi) is 18.1. The summed E-state index contributed by atoms with van der Waals surface area (Å²) in [5, 5.41) is -0.448. The molecule has 0 spiro atoms. The number of rotatable bonds is 17. The van der Waals surface area contributed by atoms with Crippen LogP contribution in [0, 0.1) is 0 Å². The van der Waals surface area contributed by atoms with Gasteiger partial charge in [-0.05, 0) is 71.8 Å². The molecule has 5 atom stereocenters. The number of ether oxygens (including phenoxy) is 11. The van der Waals surface area contributed by atoms with E-state index >= 15 is 4.79 Å². The lowest BCUT2D eigenvalue weighted by molar-refractivity contribution is -0.288. The van der Waals surface area contributed by atoms with Crippen LogP contribution in [0.25, 0.3) is 34.4 Å². The smallest absolute Gasteiger partial charge is 0.331 e. The van der Waals surface area contributed by atoms with E-state index < -0.39 is 119 Å². The van der Waals surface area contributed by atoms with Gasteiger partial charge in [-0.15, -0.1) is 0 Å². The normalized spacial score (nSPS) is 17.0. The quantitative estimate of drug-likeness (QED) is 0.0451. The fraction of sp³-hybridized carbons (Fsp3) is 0.245. The van der Waals surface area contributed by atoms with Crippen LogP contribution in [0.3, 0.4) is 0 Å². The topological polar surface area (TPSA) is 285 Å². The van der Waals surface area contributed by atoms with Crippen LogP contribution in [0.1, 0.15) is 59.6 Å². The molecular formula is C53H46O22. The molecule has 6 rings (SSSR count). The second-order valence-electron chi connectivity index (χ2n) is 16.0. The standard InChI is InChI=1S/C53H46O22/c1-27(54)65-37-16-8-34(9-17-37)12-22-44(61)64-26-43-49(70-32(6)59)51(71-33(7)60)52(74-45(62)23-13-35-10-18-38(19-11-35)66-28(2)55)53(73-43)75-50-47(63)46-41(69-31(5)58)24-40(68-30(4)57)25-42(46)72-48(50)36-14-20-39(21-15-36)67-29(3)56/h8-25,43,49,51-53H,26H2,1-7H3/b22-12+,23-13-/t43-,49-,51+,52-,53+/m1/s1. The van der Waals surface area contributed by atoms with Gasteiger partial charge < -0.3 is 56.5 Å². The van der Waals surface area contributed by atoms with Crippen LogP contribution in [0.4, 0.5) is 0 Å². The molecule has 75 heavy (non-hydrogen) atoms. The minimum atomic E-state index is -2.09. The Morgan fingerprint density at radius 1 is 0.507 bits per heavy atom. The zero-order valence-electron chi connectivity index (χ0n) is 41.0. The van der Waals surface area contributed by atoms with Crippen LogP contribution in [0.15, 0.2) is 106 Å². The average Bonchev–Trinajstić information content (AvgIpc) is 3.32. The summed E-state index contributed by atoms with van der Waals surface area (Å²) in [5.41, 5.74) is -0.427. The molecule has 0 radical (unpaired) electrons. The highest BCUT2D eigenvalue weighted by Crippen LogP contribution is 2.39. The van der Waals surface area contributed by atoms with Crippen LogP contribution >= 0.6 is 0 Å². The molecule has 0 N–H and O–H groups in total. The number of benzene rings is 4. The Hall–Kier alpha value is -9.44. The highest BCUT2D eigenvalue weighted by atomic mass is 16.7. The van der Waals surface area contributed by atoms with Gasteiger partial charge in [0.1, 0.15) is 52.4 Å². The first-order chi connectivity index (χ1) is 35.6. The molecule has 22 heteroatoms. The van der Waals surface area contributed by atoms with E-state index in [1.807, 2.05) is 0 Å². The Bertz CT molecular complexity index is 3130.